The third-order valence-corrected chi connectivity index (χ3v) is 5.96. The number of benzene rings is 1. The second-order valence-corrected chi connectivity index (χ2v) is 7.37. The molecule has 2 fully saturated rings. The number of anilines is 1. The van der Waals surface area contributed by atoms with Crippen LogP contribution in [0.5, 0.6) is 0 Å². The van der Waals surface area contributed by atoms with E-state index >= 15 is 0 Å². The lowest BCUT2D eigenvalue weighted by Gasteiger charge is -2.21. The number of hydrogen-bond acceptors (Lipinski definition) is 3. The topological polar surface area (TPSA) is 58.4 Å². The van der Waals surface area contributed by atoms with Crippen molar-refractivity contribution in [1.82, 2.24) is 10.1 Å². The summed E-state index contributed by atoms with van der Waals surface area (Å²) in [5.74, 6) is 2.17. The Morgan fingerprint density at radius 2 is 2.08 bits per heavy atom. The number of rotatable bonds is 2. The van der Waals surface area contributed by atoms with Crippen molar-refractivity contribution in [3.8, 4) is 0 Å². The van der Waals surface area contributed by atoms with Crippen LogP contribution in [0.25, 0.3) is 0 Å². The highest BCUT2D eigenvalue weighted by Gasteiger charge is 2.61. The first-order chi connectivity index (χ1) is 11.8. The molecule has 1 aromatic carbocycles. The molecule has 1 saturated carbocycles. The third-order valence-electron chi connectivity index (χ3n) is 5.96. The first-order valence-electron chi connectivity index (χ1n) is 8.85. The average Bonchev–Trinajstić information content (AvgIpc) is 3.00. The van der Waals surface area contributed by atoms with Crippen LogP contribution in [0, 0.1) is 5.92 Å². The lowest BCUT2D eigenvalue weighted by atomic mass is 9.95. The van der Waals surface area contributed by atoms with Crippen LogP contribution in [-0.4, -0.2) is 29.2 Å². The summed E-state index contributed by atoms with van der Waals surface area (Å²) in [5.41, 5.74) is 2.64. The molecule has 0 spiro atoms. The van der Waals surface area contributed by atoms with Gasteiger partial charge in [0.25, 0.3) is 0 Å². The van der Waals surface area contributed by atoms with Gasteiger partial charge in [-0.2, -0.15) is 0 Å². The number of amides is 2. The van der Waals surface area contributed by atoms with E-state index in [4.69, 9.17) is 4.52 Å². The number of carbonyl (C=O) groups is 1. The standard InChI is InChI=1S/C19H21N3O2/c23-18(20-17-15-8-4-5-9-16(15)24-21-17)22-11-14-10-19(14,12-22)13-6-2-1-3-7-13/h1-3,6-7,14H,4-5,8-12H2,(H,20,21,23). The van der Waals surface area contributed by atoms with Crippen LogP contribution in [0.2, 0.25) is 0 Å². The number of carbonyl (C=O) groups excluding carboxylic acids is 1. The van der Waals surface area contributed by atoms with Crippen LogP contribution in [0.15, 0.2) is 34.9 Å². The first-order valence-corrected chi connectivity index (χ1v) is 8.85. The predicted molar refractivity (Wildman–Crippen MR) is 90.0 cm³/mol. The Balaban J connectivity index is 1.31. The number of piperidine rings is 1. The molecule has 1 aliphatic heterocycles. The molecule has 1 saturated heterocycles. The molecule has 2 unspecified atom stereocenters. The number of nitrogens with one attached hydrogen (secondary N) is 1. The molecule has 2 amide bonds. The highest BCUT2D eigenvalue weighted by atomic mass is 16.5. The van der Waals surface area contributed by atoms with E-state index in [2.05, 4.69) is 34.7 Å². The summed E-state index contributed by atoms with van der Waals surface area (Å²) in [6.45, 7) is 1.63. The molecule has 2 heterocycles. The Labute approximate surface area is 141 Å². The Kier molecular flexibility index (Phi) is 2.99. The number of aromatic nitrogens is 1. The van der Waals surface area contributed by atoms with Crippen molar-refractivity contribution < 1.29 is 9.32 Å². The average molecular weight is 323 g/mol. The monoisotopic (exact) mass is 323 g/mol. The van der Waals surface area contributed by atoms with Gasteiger partial charge in [0.05, 0.1) is 0 Å². The minimum atomic E-state index is -0.0424. The maximum atomic E-state index is 12.7. The zero-order valence-corrected chi connectivity index (χ0v) is 13.6. The van der Waals surface area contributed by atoms with E-state index in [9.17, 15) is 4.79 Å². The Morgan fingerprint density at radius 3 is 2.96 bits per heavy atom. The second kappa shape index (κ2) is 5.10. The van der Waals surface area contributed by atoms with Gasteiger partial charge in [-0.1, -0.05) is 35.5 Å². The maximum absolute atomic E-state index is 12.7. The van der Waals surface area contributed by atoms with Crippen LogP contribution in [0.4, 0.5) is 10.6 Å². The summed E-state index contributed by atoms with van der Waals surface area (Å²) in [5, 5.41) is 7.07. The molecule has 2 aromatic rings. The lowest BCUT2D eigenvalue weighted by Crippen LogP contribution is -2.36. The van der Waals surface area contributed by atoms with E-state index in [-0.39, 0.29) is 11.4 Å². The number of hydrogen-bond donors (Lipinski definition) is 1. The van der Waals surface area contributed by atoms with Crippen LogP contribution < -0.4 is 5.32 Å². The molecule has 24 heavy (non-hydrogen) atoms. The molecule has 1 N–H and O–H groups in total. The third kappa shape index (κ3) is 2.07. The molecule has 3 aliphatic rings. The molecule has 124 valence electrons. The summed E-state index contributed by atoms with van der Waals surface area (Å²) >= 11 is 0. The van der Waals surface area contributed by atoms with E-state index < -0.39 is 0 Å². The summed E-state index contributed by atoms with van der Waals surface area (Å²) < 4.78 is 5.39. The SMILES string of the molecule is O=C(Nc1noc2c1CCCC2)N1CC2CC2(c2ccccc2)C1. The molecular formula is C19H21N3O2. The fourth-order valence-corrected chi connectivity index (χ4v) is 4.52. The number of nitrogens with zero attached hydrogens (tertiary/aromatic N) is 2. The zero-order chi connectivity index (χ0) is 16.1. The molecule has 5 rings (SSSR count). The fraction of sp³-hybridized carbons (Fsp3) is 0.474. The lowest BCUT2D eigenvalue weighted by molar-refractivity contribution is 0.216. The van der Waals surface area contributed by atoms with E-state index in [0.29, 0.717) is 11.7 Å². The number of urea groups is 1. The van der Waals surface area contributed by atoms with Crippen molar-refractivity contribution in [2.75, 3.05) is 18.4 Å². The maximum Gasteiger partial charge on any atom is 0.323 e. The summed E-state index contributed by atoms with van der Waals surface area (Å²) in [4.78, 5) is 14.6. The quantitative estimate of drug-likeness (QED) is 0.922. The van der Waals surface area contributed by atoms with Gasteiger partial charge < -0.3 is 9.42 Å². The molecule has 0 radical (unpaired) electrons. The van der Waals surface area contributed by atoms with Crippen molar-refractivity contribution in [1.29, 1.82) is 0 Å². The van der Waals surface area contributed by atoms with Crippen molar-refractivity contribution in [2.24, 2.45) is 5.92 Å². The van der Waals surface area contributed by atoms with Crippen LogP contribution in [0.1, 0.15) is 36.1 Å². The smallest absolute Gasteiger partial charge is 0.323 e. The van der Waals surface area contributed by atoms with Crippen LogP contribution >= 0.6 is 0 Å². The van der Waals surface area contributed by atoms with Crippen molar-refractivity contribution in [3.05, 3.63) is 47.2 Å². The number of fused-ring (bicyclic) bond motifs is 2. The van der Waals surface area contributed by atoms with Gasteiger partial charge in [-0.3, -0.25) is 5.32 Å². The Morgan fingerprint density at radius 1 is 1.25 bits per heavy atom. The van der Waals surface area contributed by atoms with Gasteiger partial charge in [0.2, 0.25) is 0 Å². The minimum absolute atomic E-state index is 0.0424. The van der Waals surface area contributed by atoms with E-state index in [1.54, 1.807) is 0 Å². The van der Waals surface area contributed by atoms with Gasteiger partial charge in [-0.05, 0) is 37.2 Å². The van der Waals surface area contributed by atoms with Gasteiger partial charge in [-0.25, -0.2) is 4.79 Å². The van der Waals surface area contributed by atoms with Gasteiger partial charge in [0.1, 0.15) is 5.76 Å². The molecule has 2 aliphatic carbocycles. The van der Waals surface area contributed by atoms with Gasteiger partial charge in [-0.15, -0.1) is 0 Å². The normalized spacial score (nSPS) is 27.5. The molecule has 0 bridgehead atoms. The first kappa shape index (κ1) is 14.1. The van der Waals surface area contributed by atoms with Gasteiger partial charge in [0.15, 0.2) is 5.82 Å². The summed E-state index contributed by atoms with van der Waals surface area (Å²) in [6.07, 6.45) is 5.36. The minimum Gasteiger partial charge on any atom is -0.359 e. The summed E-state index contributed by atoms with van der Waals surface area (Å²) in [7, 11) is 0. The van der Waals surface area contributed by atoms with Crippen LogP contribution in [-0.2, 0) is 18.3 Å². The van der Waals surface area contributed by atoms with E-state index in [1.165, 1.54) is 12.0 Å². The summed E-state index contributed by atoms with van der Waals surface area (Å²) in [6, 6.07) is 10.6. The van der Waals surface area contributed by atoms with Crippen molar-refractivity contribution in [2.45, 2.75) is 37.5 Å². The highest BCUT2D eigenvalue weighted by molar-refractivity contribution is 5.89. The Hall–Kier alpha value is -2.30. The predicted octanol–water partition coefficient (Wildman–Crippen LogP) is 3.36. The number of likely N-dealkylation sites (tertiary alicyclic amines) is 1. The van der Waals surface area contributed by atoms with E-state index in [0.717, 1.165) is 50.1 Å². The Bertz CT molecular complexity index is 785. The van der Waals surface area contributed by atoms with Gasteiger partial charge in [0, 0.05) is 30.5 Å². The van der Waals surface area contributed by atoms with Crippen molar-refractivity contribution >= 4 is 11.8 Å². The zero-order valence-electron chi connectivity index (χ0n) is 13.6. The van der Waals surface area contributed by atoms with Crippen LogP contribution in [0.3, 0.4) is 0 Å². The van der Waals surface area contributed by atoms with Gasteiger partial charge >= 0.3 is 6.03 Å². The molecular weight excluding hydrogens is 302 g/mol. The highest BCUT2D eigenvalue weighted by Crippen LogP contribution is 2.58. The molecule has 5 heteroatoms. The molecule has 5 nitrogen and oxygen atoms in total. The van der Waals surface area contributed by atoms with Crippen molar-refractivity contribution in [3.63, 3.8) is 0 Å². The molecule has 2 atom stereocenters. The number of aryl methyl sites for hydroxylation is 1. The largest absolute Gasteiger partial charge is 0.359 e. The molecule has 1 aromatic heterocycles. The second-order valence-electron chi connectivity index (χ2n) is 7.37. The fourth-order valence-electron chi connectivity index (χ4n) is 4.52. The van der Waals surface area contributed by atoms with E-state index in [1.807, 2.05) is 11.0 Å².